The van der Waals surface area contributed by atoms with Gasteiger partial charge in [0.1, 0.15) is 0 Å². The normalized spacial score (nSPS) is 11.1. The lowest BCUT2D eigenvalue weighted by Crippen LogP contribution is -2.36. The molecule has 0 aliphatic heterocycles. The minimum absolute atomic E-state index is 0.464. The average Bonchev–Trinajstić information content (AvgIpc) is 2.81. The van der Waals surface area contributed by atoms with Crippen molar-refractivity contribution in [3.05, 3.63) is 17.7 Å². The van der Waals surface area contributed by atoms with Crippen LogP contribution in [0.15, 0.2) is 11.3 Å². The van der Waals surface area contributed by atoms with Gasteiger partial charge in [0.2, 0.25) is 5.96 Å². The second-order valence-corrected chi connectivity index (χ2v) is 4.81. The molecule has 0 radical (unpaired) electrons. The van der Waals surface area contributed by atoms with E-state index < -0.39 is 0 Å². The zero-order valence-electron chi connectivity index (χ0n) is 10.9. The van der Waals surface area contributed by atoms with Crippen LogP contribution in [0.3, 0.4) is 0 Å². The SMILES string of the molecule is Cc1[nH]cnc1CSCCNC(=NCCN)NC#N. The molecule has 0 amide bonds. The molecule has 1 aromatic rings. The number of nitrogens with two attached hydrogens (primary N) is 1. The van der Waals surface area contributed by atoms with Crippen molar-refractivity contribution >= 4 is 17.7 Å². The van der Waals surface area contributed by atoms with Crippen LogP contribution >= 0.6 is 11.8 Å². The molecule has 0 bridgehead atoms. The van der Waals surface area contributed by atoms with Crippen LogP contribution in [0.25, 0.3) is 0 Å². The van der Waals surface area contributed by atoms with Crippen molar-refractivity contribution in [1.82, 2.24) is 20.6 Å². The first-order chi connectivity index (χ1) is 9.27. The van der Waals surface area contributed by atoms with Crippen molar-refractivity contribution in [2.24, 2.45) is 10.7 Å². The number of nitrogens with zero attached hydrogens (tertiary/aromatic N) is 3. The first kappa shape index (κ1) is 15.3. The number of aryl methyl sites for hydroxylation is 1. The van der Waals surface area contributed by atoms with Crippen LogP contribution in [0.4, 0.5) is 0 Å². The summed E-state index contributed by atoms with van der Waals surface area (Å²) in [6.07, 6.45) is 3.55. The molecule has 0 unspecified atom stereocenters. The lowest BCUT2D eigenvalue weighted by molar-refractivity contribution is 0.892. The molecule has 7 nitrogen and oxygen atoms in total. The smallest absolute Gasteiger partial charge is 0.204 e. The number of guanidine groups is 1. The van der Waals surface area contributed by atoms with Crippen molar-refractivity contribution in [2.45, 2.75) is 12.7 Å². The largest absolute Gasteiger partial charge is 0.355 e. The van der Waals surface area contributed by atoms with Gasteiger partial charge in [-0.3, -0.25) is 10.3 Å². The van der Waals surface area contributed by atoms with E-state index in [1.165, 1.54) is 0 Å². The highest BCUT2D eigenvalue weighted by atomic mass is 32.2. The second kappa shape index (κ2) is 9.24. The van der Waals surface area contributed by atoms with Gasteiger partial charge in [0.15, 0.2) is 6.19 Å². The van der Waals surface area contributed by atoms with Gasteiger partial charge in [0, 0.05) is 30.3 Å². The molecule has 0 saturated heterocycles. The predicted octanol–water partition coefficient (Wildman–Crippen LogP) is -0.0737. The number of hydrogen-bond donors (Lipinski definition) is 4. The van der Waals surface area contributed by atoms with Crippen molar-refractivity contribution in [3.63, 3.8) is 0 Å². The maximum Gasteiger partial charge on any atom is 0.204 e. The van der Waals surface area contributed by atoms with E-state index in [2.05, 4.69) is 25.6 Å². The molecule has 0 atom stereocenters. The Hall–Kier alpha value is -1.72. The van der Waals surface area contributed by atoms with Gasteiger partial charge in [-0.1, -0.05) is 0 Å². The molecule has 1 rings (SSSR count). The number of rotatable bonds is 7. The molecule has 5 N–H and O–H groups in total. The molecule has 1 aromatic heterocycles. The van der Waals surface area contributed by atoms with Crippen LogP contribution in [0.2, 0.25) is 0 Å². The Morgan fingerprint density at radius 3 is 3.16 bits per heavy atom. The lowest BCUT2D eigenvalue weighted by Gasteiger charge is -2.07. The Labute approximate surface area is 117 Å². The van der Waals surface area contributed by atoms with E-state index in [-0.39, 0.29) is 0 Å². The van der Waals surface area contributed by atoms with Gasteiger partial charge in [-0.25, -0.2) is 4.98 Å². The molecular formula is C11H19N7S. The van der Waals surface area contributed by atoms with E-state index in [0.717, 1.165) is 29.4 Å². The second-order valence-electron chi connectivity index (χ2n) is 3.71. The number of aromatic amines is 1. The minimum atomic E-state index is 0.464. The Morgan fingerprint density at radius 2 is 2.53 bits per heavy atom. The summed E-state index contributed by atoms with van der Waals surface area (Å²) in [5.74, 6) is 2.25. The summed E-state index contributed by atoms with van der Waals surface area (Å²) >= 11 is 1.77. The average molecular weight is 281 g/mol. The minimum Gasteiger partial charge on any atom is -0.355 e. The number of aromatic nitrogens is 2. The molecule has 0 aromatic carbocycles. The number of aliphatic imine (C=N–C) groups is 1. The first-order valence-electron chi connectivity index (χ1n) is 5.98. The van der Waals surface area contributed by atoms with Gasteiger partial charge in [0.25, 0.3) is 0 Å². The third kappa shape index (κ3) is 6.13. The van der Waals surface area contributed by atoms with Crippen molar-refractivity contribution in [2.75, 3.05) is 25.4 Å². The predicted molar refractivity (Wildman–Crippen MR) is 77.6 cm³/mol. The van der Waals surface area contributed by atoms with Gasteiger partial charge < -0.3 is 16.0 Å². The molecule has 1 heterocycles. The molecule has 104 valence electrons. The van der Waals surface area contributed by atoms with E-state index in [4.69, 9.17) is 11.0 Å². The molecule has 0 fully saturated rings. The highest BCUT2D eigenvalue weighted by Gasteiger charge is 2.01. The summed E-state index contributed by atoms with van der Waals surface area (Å²) in [5, 5.41) is 14.1. The standard InChI is InChI=1S/C11H19N7S/c1-9-10(18-8-17-9)6-19-5-4-15-11(16-7-13)14-3-2-12/h8H,2-6,12H2,1H3,(H,17,18)(H2,14,15,16). The number of nitriles is 1. The van der Waals surface area contributed by atoms with Gasteiger partial charge in [-0.05, 0) is 6.92 Å². The van der Waals surface area contributed by atoms with Gasteiger partial charge in [-0.2, -0.15) is 17.0 Å². The third-order valence-corrected chi connectivity index (χ3v) is 3.26. The monoisotopic (exact) mass is 281 g/mol. The zero-order valence-corrected chi connectivity index (χ0v) is 11.8. The van der Waals surface area contributed by atoms with Crippen LogP contribution in [0.5, 0.6) is 0 Å². The van der Waals surface area contributed by atoms with Gasteiger partial charge >= 0.3 is 0 Å². The van der Waals surface area contributed by atoms with Crippen molar-refractivity contribution in [3.8, 4) is 6.19 Å². The maximum atomic E-state index is 8.56. The van der Waals surface area contributed by atoms with E-state index in [1.807, 2.05) is 13.1 Å². The Balaban J connectivity index is 2.18. The Bertz CT molecular complexity index is 434. The van der Waals surface area contributed by atoms with Gasteiger partial charge in [0.05, 0.1) is 18.6 Å². The quantitative estimate of drug-likeness (QED) is 0.183. The summed E-state index contributed by atoms with van der Waals surface area (Å²) in [6, 6.07) is 0. The molecule has 0 saturated carbocycles. The summed E-state index contributed by atoms with van der Waals surface area (Å²) in [4.78, 5) is 11.4. The van der Waals surface area contributed by atoms with E-state index in [9.17, 15) is 0 Å². The first-order valence-corrected chi connectivity index (χ1v) is 7.13. The third-order valence-electron chi connectivity index (χ3n) is 2.29. The summed E-state index contributed by atoms with van der Waals surface area (Å²) < 4.78 is 0. The summed E-state index contributed by atoms with van der Waals surface area (Å²) in [5.41, 5.74) is 7.55. The molecular weight excluding hydrogens is 262 g/mol. The number of nitrogens with one attached hydrogen (secondary N) is 3. The highest BCUT2D eigenvalue weighted by molar-refractivity contribution is 7.98. The van der Waals surface area contributed by atoms with Crippen LogP contribution < -0.4 is 16.4 Å². The van der Waals surface area contributed by atoms with Gasteiger partial charge in [-0.15, -0.1) is 0 Å². The lowest BCUT2D eigenvalue weighted by atomic mass is 10.4. The van der Waals surface area contributed by atoms with E-state index >= 15 is 0 Å². The molecule has 8 heteroatoms. The van der Waals surface area contributed by atoms with E-state index in [0.29, 0.717) is 19.0 Å². The van der Waals surface area contributed by atoms with Crippen molar-refractivity contribution < 1.29 is 0 Å². The van der Waals surface area contributed by atoms with Crippen molar-refractivity contribution in [1.29, 1.82) is 5.26 Å². The fraction of sp³-hybridized carbons (Fsp3) is 0.545. The Morgan fingerprint density at radius 1 is 1.68 bits per heavy atom. The van der Waals surface area contributed by atoms with E-state index in [1.54, 1.807) is 18.1 Å². The summed E-state index contributed by atoms with van der Waals surface area (Å²) in [6.45, 7) is 3.70. The van der Waals surface area contributed by atoms with Crippen LogP contribution in [0, 0.1) is 18.4 Å². The number of hydrogen-bond acceptors (Lipinski definition) is 5. The van der Waals surface area contributed by atoms with Crippen LogP contribution in [-0.4, -0.2) is 41.3 Å². The molecule has 19 heavy (non-hydrogen) atoms. The highest BCUT2D eigenvalue weighted by Crippen LogP contribution is 2.11. The number of H-pyrrole nitrogens is 1. The summed E-state index contributed by atoms with van der Waals surface area (Å²) in [7, 11) is 0. The maximum absolute atomic E-state index is 8.56. The number of imidazole rings is 1. The topological polar surface area (TPSA) is 115 Å². The molecule has 0 spiro atoms. The fourth-order valence-electron chi connectivity index (χ4n) is 1.31. The molecule has 0 aliphatic carbocycles. The van der Waals surface area contributed by atoms with Crippen LogP contribution in [0.1, 0.15) is 11.4 Å². The Kier molecular flexibility index (Phi) is 7.46. The number of thioether (sulfide) groups is 1. The fourth-order valence-corrected chi connectivity index (χ4v) is 2.19. The zero-order chi connectivity index (χ0) is 13.9. The molecule has 0 aliphatic rings. The van der Waals surface area contributed by atoms with Crippen LogP contribution in [-0.2, 0) is 5.75 Å².